The van der Waals surface area contributed by atoms with Crippen LogP contribution in [0.15, 0.2) is 0 Å². The van der Waals surface area contributed by atoms with Crippen LogP contribution in [0.5, 0.6) is 0 Å². The van der Waals surface area contributed by atoms with Gasteiger partial charge in [-0.15, -0.1) is 0 Å². The van der Waals surface area contributed by atoms with Gasteiger partial charge in [-0.2, -0.15) is 12.8 Å². The summed E-state index contributed by atoms with van der Waals surface area (Å²) < 4.78 is 14.9. The van der Waals surface area contributed by atoms with Gasteiger partial charge >= 0.3 is 0 Å². The van der Waals surface area contributed by atoms with Crippen molar-refractivity contribution in [2.45, 2.75) is 37.6 Å². The van der Waals surface area contributed by atoms with Crippen LogP contribution in [0.1, 0.15) is 19.3 Å². The summed E-state index contributed by atoms with van der Waals surface area (Å²) in [7, 11) is 0. The summed E-state index contributed by atoms with van der Waals surface area (Å²) in [6, 6.07) is 0. The van der Waals surface area contributed by atoms with Crippen LogP contribution in [-0.2, 0) is 46.9 Å². The maximum absolute atomic E-state index is 9.02. The average molecular weight is 319 g/mol. The van der Waals surface area contributed by atoms with Crippen LogP contribution in [-0.4, -0.2) is 49.8 Å². The third-order valence-corrected chi connectivity index (χ3v) is 2.35. The van der Waals surface area contributed by atoms with Crippen LogP contribution >= 0.6 is 0 Å². The van der Waals surface area contributed by atoms with E-state index >= 15 is 0 Å². The molecule has 2 aliphatic rings. The van der Waals surface area contributed by atoms with Crippen molar-refractivity contribution in [1.29, 1.82) is 0 Å². The van der Waals surface area contributed by atoms with E-state index in [1.165, 1.54) is 0 Å². The van der Waals surface area contributed by atoms with E-state index in [4.69, 9.17) is 19.3 Å². The fourth-order valence-electron chi connectivity index (χ4n) is 0.987. The van der Waals surface area contributed by atoms with Gasteiger partial charge in [-0.05, 0) is 6.42 Å². The smallest absolute Gasteiger partial charge is 0.0831 e. The molecule has 1 N–H and O–H groups in total. The Hall–Kier alpha value is 0.944. The van der Waals surface area contributed by atoms with Gasteiger partial charge in [0.05, 0.1) is 38.1 Å². The Kier molecular flexibility index (Phi) is 11.4. The van der Waals surface area contributed by atoms with Crippen LogP contribution < -0.4 is 0 Å². The van der Waals surface area contributed by atoms with Crippen LogP contribution in [0.25, 0.3) is 0 Å². The molecule has 99 valence electrons. The van der Waals surface area contributed by atoms with Gasteiger partial charge in [-0.3, -0.25) is 0 Å². The maximum Gasteiger partial charge on any atom is 0.0831 e. The molecule has 0 aromatic carbocycles. The molecule has 2 rings (SSSR count). The van der Waals surface area contributed by atoms with E-state index in [0.717, 1.165) is 26.1 Å². The van der Waals surface area contributed by atoms with E-state index in [0.29, 0.717) is 31.8 Å². The molecule has 5 heteroatoms. The molecule has 1 radical (unpaired) electrons. The molecule has 17 heavy (non-hydrogen) atoms. The molecule has 0 saturated carbocycles. The van der Waals surface area contributed by atoms with E-state index in [1.54, 1.807) is 0 Å². The predicted octanol–water partition coefficient (Wildman–Crippen LogP) is 0.984. The average Bonchev–Trinajstić information content (AvgIpc) is 3.19. The standard InChI is InChI=1S/C8H15O3.C4H7O.Y/c1-2-7(9)5-10-4-3-8-6-11-8;1-2-4-3-5-4;/h7-9H,1-6H2;4H,1-3H2;/q2*-1;. The minimum atomic E-state index is -0.407. The largest absolute Gasteiger partial charge is 0.393 e. The number of epoxide rings is 2. The summed E-state index contributed by atoms with van der Waals surface area (Å²) >= 11 is 0. The zero-order valence-corrected chi connectivity index (χ0v) is 13.2. The van der Waals surface area contributed by atoms with Gasteiger partial charge < -0.3 is 33.2 Å². The fraction of sp³-hybridized carbons (Fsp3) is 0.833. The minimum Gasteiger partial charge on any atom is -0.393 e. The summed E-state index contributed by atoms with van der Waals surface area (Å²) in [6.45, 7) is 10.1. The first kappa shape index (κ1) is 17.9. The molecule has 2 fully saturated rings. The molecule has 0 spiro atoms. The normalized spacial score (nSPS) is 26.3. The number of aliphatic hydroxyl groups is 1. The van der Waals surface area contributed by atoms with Gasteiger partial charge in [0, 0.05) is 39.3 Å². The zero-order valence-electron chi connectivity index (χ0n) is 10.3. The molecular formula is C12H22O4Y-2. The number of aliphatic hydroxyl groups excluding tert-OH is 1. The summed E-state index contributed by atoms with van der Waals surface area (Å²) in [5, 5.41) is 9.02. The Morgan fingerprint density at radius 3 is 2.18 bits per heavy atom. The SMILES string of the molecule is [CH2-]CC(O)COCCC1CO1.[CH2-]CC1CO1.[Y]. The quantitative estimate of drug-likeness (QED) is 0.432. The van der Waals surface area contributed by atoms with Crippen molar-refractivity contribution in [3.8, 4) is 0 Å². The molecule has 3 unspecified atom stereocenters. The van der Waals surface area contributed by atoms with Crippen LogP contribution in [0.4, 0.5) is 0 Å². The molecule has 4 nitrogen and oxygen atoms in total. The minimum absolute atomic E-state index is 0. The number of rotatable bonds is 7. The van der Waals surface area contributed by atoms with Crippen LogP contribution in [0.2, 0.25) is 0 Å². The predicted molar refractivity (Wildman–Crippen MR) is 60.9 cm³/mol. The van der Waals surface area contributed by atoms with E-state index in [-0.39, 0.29) is 32.7 Å². The first-order valence-electron chi connectivity index (χ1n) is 5.83. The second-order valence-electron chi connectivity index (χ2n) is 4.01. The molecule has 0 amide bonds. The van der Waals surface area contributed by atoms with E-state index < -0.39 is 6.10 Å². The van der Waals surface area contributed by atoms with Crippen molar-refractivity contribution in [2.75, 3.05) is 26.4 Å². The van der Waals surface area contributed by atoms with E-state index in [1.807, 2.05) is 0 Å². The molecule has 2 saturated heterocycles. The molecule has 0 aliphatic carbocycles. The van der Waals surface area contributed by atoms with Gasteiger partial charge in [0.15, 0.2) is 0 Å². The van der Waals surface area contributed by atoms with Crippen LogP contribution in [0.3, 0.4) is 0 Å². The second-order valence-corrected chi connectivity index (χ2v) is 4.01. The molecule has 3 atom stereocenters. The molecule has 2 heterocycles. The Balaban J connectivity index is 0.000000360. The van der Waals surface area contributed by atoms with Crippen molar-refractivity contribution < 1.29 is 52.0 Å². The molecule has 2 aliphatic heterocycles. The monoisotopic (exact) mass is 319 g/mol. The summed E-state index contributed by atoms with van der Waals surface area (Å²) in [6.07, 6.45) is 2.95. The Labute approximate surface area is 129 Å². The van der Waals surface area contributed by atoms with Crippen molar-refractivity contribution in [2.24, 2.45) is 0 Å². The maximum atomic E-state index is 9.02. The topological polar surface area (TPSA) is 54.5 Å². The third kappa shape index (κ3) is 11.8. The van der Waals surface area contributed by atoms with Crippen molar-refractivity contribution in [3.05, 3.63) is 13.8 Å². The first-order chi connectivity index (χ1) is 7.76. The molecular weight excluding hydrogens is 297 g/mol. The number of hydrogen-bond donors (Lipinski definition) is 1. The van der Waals surface area contributed by atoms with Crippen molar-refractivity contribution in [1.82, 2.24) is 0 Å². The summed E-state index contributed by atoms with van der Waals surface area (Å²) in [5.74, 6) is 0. The van der Waals surface area contributed by atoms with Gasteiger partial charge in [0.2, 0.25) is 0 Å². The Morgan fingerprint density at radius 2 is 1.82 bits per heavy atom. The fourth-order valence-corrected chi connectivity index (χ4v) is 0.987. The van der Waals surface area contributed by atoms with Crippen molar-refractivity contribution >= 4 is 0 Å². The Bertz CT molecular complexity index is 172. The third-order valence-electron chi connectivity index (χ3n) is 2.35. The molecule has 0 bridgehead atoms. The van der Waals surface area contributed by atoms with Gasteiger partial charge in [-0.25, -0.2) is 0 Å². The van der Waals surface area contributed by atoms with Gasteiger partial charge in [0.1, 0.15) is 0 Å². The Morgan fingerprint density at radius 1 is 1.24 bits per heavy atom. The van der Waals surface area contributed by atoms with E-state index in [9.17, 15) is 0 Å². The number of hydrogen-bond acceptors (Lipinski definition) is 4. The van der Waals surface area contributed by atoms with Crippen molar-refractivity contribution in [3.63, 3.8) is 0 Å². The molecule has 0 aromatic heterocycles. The summed E-state index contributed by atoms with van der Waals surface area (Å²) in [4.78, 5) is 0. The van der Waals surface area contributed by atoms with Crippen LogP contribution in [0, 0.1) is 13.8 Å². The second kappa shape index (κ2) is 10.8. The molecule has 0 aromatic rings. The zero-order chi connectivity index (χ0) is 11.8. The van der Waals surface area contributed by atoms with Gasteiger partial charge in [0.25, 0.3) is 0 Å². The first-order valence-corrected chi connectivity index (χ1v) is 5.83. The van der Waals surface area contributed by atoms with E-state index in [2.05, 4.69) is 13.8 Å². The summed E-state index contributed by atoms with van der Waals surface area (Å²) in [5.41, 5.74) is 0. The van der Waals surface area contributed by atoms with Gasteiger partial charge in [-0.1, -0.05) is 0 Å². The number of ether oxygens (including phenoxy) is 3.